The van der Waals surface area contributed by atoms with Gasteiger partial charge in [0.25, 0.3) is 0 Å². The first-order valence-electron chi connectivity index (χ1n) is 6.69. The summed E-state index contributed by atoms with van der Waals surface area (Å²) in [5, 5.41) is 0.602. The van der Waals surface area contributed by atoms with Crippen molar-refractivity contribution in [1.82, 2.24) is 0 Å². The number of hydrogen-bond acceptors (Lipinski definition) is 3. The van der Waals surface area contributed by atoms with E-state index in [9.17, 15) is 8.42 Å². The summed E-state index contributed by atoms with van der Waals surface area (Å²) in [6.45, 7) is 0.360. The van der Waals surface area contributed by atoms with Gasteiger partial charge in [-0.05, 0) is 31.0 Å². The SMILES string of the molecule is O=S(=O)(Cl)CC1(COc2cccc(Cl)c2)CCCCC1. The molecule has 1 aliphatic carbocycles. The highest BCUT2D eigenvalue weighted by molar-refractivity contribution is 8.13. The molecule has 1 aromatic rings. The monoisotopic (exact) mass is 336 g/mol. The molecule has 2 rings (SSSR count). The first kappa shape index (κ1) is 15.9. The molecule has 0 N–H and O–H groups in total. The maximum absolute atomic E-state index is 11.5. The van der Waals surface area contributed by atoms with Gasteiger partial charge in [-0.25, -0.2) is 8.42 Å². The maximum atomic E-state index is 11.5. The summed E-state index contributed by atoms with van der Waals surface area (Å²) >= 11 is 5.91. The third kappa shape index (κ3) is 4.83. The Kier molecular flexibility index (Phi) is 5.21. The van der Waals surface area contributed by atoms with Gasteiger partial charge in [-0.2, -0.15) is 0 Å². The van der Waals surface area contributed by atoms with Crippen LogP contribution in [0.3, 0.4) is 0 Å². The Morgan fingerprint density at radius 1 is 1.20 bits per heavy atom. The van der Waals surface area contributed by atoms with Gasteiger partial charge in [0.2, 0.25) is 9.05 Å². The van der Waals surface area contributed by atoms with E-state index in [2.05, 4.69) is 0 Å². The summed E-state index contributed by atoms with van der Waals surface area (Å²) in [5.74, 6) is 0.636. The molecule has 1 fully saturated rings. The van der Waals surface area contributed by atoms with Gasteiger partial charge < -0.3 is 4.74 Å². The van der Waals surface area contributed by atoms with Crippen molar-refractivity contribution in [3.8, 4) is 5.75 Å². The van der Waals surface area contributed by atoms with E-state index in [0.717, 1.165) is 32.1 Å². The Labute approximate surface area is 129 Å². The van der Waals surface area contributed by atoms with Crippen LogP contribution in [0.1, 0.15) is 32.1 Å². The number of rotatable bonds is 5. The van der Waals surface area contributed by atoms with Crippen LogP contribution in [0.4, 0.5) is 0 Å². The third-order valence-corrected chi connectivity index (χ3v) is 5.25. The van der Waals surface area contributed by atoms with E-state index in [1.807, 2.05) is 12.1 Å². The van der Waals surface area contributed by atoms with Gasteiger partial charge in [0.15, 0.2) is 0 Å². The summed E-state index contributed by atoms with van der Waals surface area (Å²) in [7, 11) is 1.93. The van der Waals surface area contributed by atoms with Crippen LogP contribution in [0.25, 0.3) is 0 Å². The second-order valence-electron chi connectivity index (χ2n) is 5.49. The summed E-state index contributed by atoms with van der Waals surface area (Å²) in [6.07, 6.45) is 4.84. The largest absolute Gasteiger partial charge is 0.493 e. The lowest BCUT2D eigenvalue weighted by molar-refractivity contribution is 0.119. The average Bonchev–Trinajstić information content (AvgIpc) is 2.36. The van der Waals surface area contributed by atoms with Gasteiger partial charge in [0, 0.05) is 21.1 Å². The molecule has 0 amide bonds. The van der Waals surface area contributed by atoms with Crippen molar-refractivity contribution in [2.75, 3.05) is 12.4 Å². The molecular formula is C14H18Cl2O3S. The van der Waals surface area contributed by atoms with Gasteiger partial charge in [-0.1, -0.05) is 36.9 Å². The zero-order valence-corrected chi connectivity index (χ0v) is 13.5. The Morgan fingerprint density at radius 2 is 1.90 bits per heavy atom. The molecule has 20 heavy (non-hydrogen) atoms. The van der Waals surface area contributed by atoms with Gasteiger partial charge >= 0.3 is 0 Å². The summed E-state index contributed by atoms with van der Waals surface area (Å²) in [6, 6.07) is 7.13. The molecule has 0 atom stereocenters. The molecule has 0 aromatic heterocycles. The van der Waals surface area contributed by atoms with Crippen LogP contribution in [-0.4, -0.2) is 20.8 Å². The predicted molar refractivity (Wildman–Crippen MR) is 82.1 cm³/mol. The van der Waals surface area contributed by atoms with Crippen molar-refractivity contribution in [3.05, 3.63) is 29.3 Å². The van der Waals surface area contributed by atoms with Crippen molar-refractivity contribution < 1.29 is 13.2 Å². The minimum Gasteiger partial charge on any atom is -0.493 e. The Morgan fingerprint density at radius 3 is 2.50 bits per heavy atom. The lowest BCUT2D eigenvalue weighted by atomic mass is 9.76. The van der Waals surface area contributed by atoms with Gasteiger partial charge in [0.05, 0.1) is 12.4 Å². The third-order valence-electron chi connectivity index (χ3n) is 3.73. The summed E-state index contributed by atoms with van der Waals surface area (Å²) in [4.78, 5) is 0. The van der Waals surface area contributed by atoms with Crippen LogP contribution in [0, 0.1) is 5.41 Å². The standard InChI is InChI=1S/C14H18Cl2O3S/c15-12-5-4-6-13(9-12)19-10-14(11-20(16,17)18)7-2-1-3-8-14/h4-6,9H,1-3,7-8,10-11H2. The van der Waals surface area contributed by atoms with Crippen molar-refractivity contribution >= 4 is 31.3 Å². The van der Waals surface area contributed by atoms with E-state index in [4.69, 9.17) is 27.0 Å². The highest BCUT2D eigenvalue weighted by Gasteiger charge is 2.37. The molecule has 1 aromatic carbocycles. The molecule has 0 heterocycles. The molecule has 0 spiro atoms. The maximum Gasteiger partial charge on any atom is 0.233 e. The molecule has 0 saturated heterocycles. The first-order chi connectivity index (χ1) is 9.39. The smallest absolute Gasteiger partial charge is 0.233 e. The van der Waals surface area contributed by atoms with E-state index >= 15 is 0 Å². The van der Waals surface area contributed by atoms with Crippen molar-refractivity contribution in [2.45, 2.75) is 32.1 Å². The minimum atomic E-state index is -3.53. The fourth-order valence-electron chi connectivity index (χ4n) is 2.79. The highest BCUT2D eigenvalue weighted by Crippen LogP contribution is 2.39. The van der Waals surface area contributed by atoms with E-state index in [-0.39, 0.29) is 11.2 Å². The molecular weight excluding hydrogens is 319 g/mol. The zero-order chi connectivity index (χ0) is 14.6. The first-order valence-corrected chi connectivity index (χ1v) is 9.55. The second kappa shape index (κ2) is 6.54. The summed E-state index contributed by atoms with van der Waals surface area (Å²) in [5.41, 5.74) is -0.374. The number of ether oxygens (including phenoxy) is 1. The zero-order valence-electron chi connectivity index (χ0n) is 11.1. The van der Waals surface area contributed by atoms with Crippen LogP contribution in [-0.2, 0) is 9.05 Å². The van der Waals surface area contributed by atoms with Crippen molar-refractivity contribution in [2.24, 2.45) is 5.41 Å². The lowest BCUT2D eigenvalue weighted by Crippen LogP contribution is -2.36. The number of hydrogen-bond donors (Lipinski definition) is 0. The van der Waals surface area contributed by atoms with Gasteiger partial charge in [-0.15, -0.1) is 0 Å². The minimum absolute atomic E-state index is 0.0257. The molecule has 6 heteroatoms. The normalized spacial score (nSPS) is 18.7. The highest BCUT2D eigenvalue weighted by atomic mass is 35.7. The molecule has 1 aliphatic rings. The molecule has 3 nitrogen and oxygen atoms in total. The Hall–Kier alpha value is -0.450. The van der Waals surface area contributed by atoms with Crippen molar-refractivity contribution in [3.63, 3.8) is 0 Å². The van der Waals surface area contributed by atoms with Crippen LogP contribution >= 0.6 is 22.3 Å². The van der Waals surface area contributed by atoms with Crippen molar-refractivity contribution in [1.29, 1.82) is 0 Å². The molecule has 0 bridgehead atoms. The van der Waals surface area contributed by atoms with Crippen LogP contribution in [0.2, 0.25) is 5.02 Å². The van der Waals surface area contributed by atoms with Gasteiger partial charge in [0.1, 0.15) is 5.75 Å². The van der Waals surface area contributed by atoms with Crippen LogP contribution in [0.5, 0.6) is 5.75 Å². The fourth-order valence-corrected chi connectivity index (χ4v) is 4.77. The van der Waals surface area contributed by atoms with Gasteiger partial charge in [-0.3, -0.25) is 0 Å². The lowest BCUT2D eigenvalue weighted by Gasteiger charge is -2.35. The molecule has 112 valence electrons. The quantitative estimate of drug-likeness (QED) is 0.755. The van der Waals surface area contributed by atoms with Crippen LogP contribution in [0.15, 0.2) is 24.3 Å². The Balaban J connectivity index is 2.08. The van der Waals surface area contributed by atoms with E-state index in [0.29, 0.717) is 17.4 Å². The fraction of sp³-hybridized carbons (Fsp3) is 0.571. The van der Waals surface area contributed by atoms with E-state index < -0.39 is 9.05 Å². The number of benzene rings is 1. The average molecular weight is 337 g/mol. The summed E-state index contributed by atoms with van der Waals surface area (Å²) < 4.78 is 28.7. The molecule has 0 aliphatic heterocycles. The Bertz CT molecular complexity index is 551. The van der Waals surface area contributed by atoms with Crippen LogP contribution < -0.4 is 4.74 Å². The molecule has 0 radical (unpaired) electrons. The predicted octanol–water partition coefficient (Wildman–Crippen LogP) is 4.24. The molecule has 0 unspecified atom stereocenters. The van der Waals surface area contributed by atoms with E-state index in [1.165, 1.54) is 0 Å². The second-order valence-corrected chi connectivity index (χ2v) is 8.70. The van der Waals surface area contributed by atoms with E-state index in [1.54, 1.807) is 12.1 Å². The molecule has 1 saturated carbocycles. The number of halogens is 2. The topological polar surface area (TPSA) is 43.4 Å².